The average molecular weight is 207 g/mol. The molecule has 0 aliphatic heterocycles. The summed E-state index contributed by atoms with van der Waals surface area (Å²) in [5.41, 5.74) is 5.83. The molecule has 0 aromatic carbocycles. The molecule has 15 heavy (non-hydrogen) atoms. The Morgan fingerprint density at radius 1 is 1.53 bits per heavy atom. The molecule has 0 atom stereocenters. The summed E-state index contributed by atoms with van der Waals surface area (Å²) in [6, 6.07) is 4.81. The summed E-state index contributed by atoms with van der Waals surface area (Å²) in [5, 5.41) is 5.16. The molecule has 1 aromatic rings. The monoisotopic (exact) mass is 207 g/mol. The highest BCUT2D eigenvalue weighted by Gasteiger charge is 2.02. The van der Waals surface area contributed by atoms with Crippen LogP contribution in [0, 0.1) is 6.92 Å². The van der Waals surface area contributed by atoms with Crippen molar-refractivity contribution < 1.29 is 4.79 Å². The summed E-state index contributed by atoms with van der Waals surface area (Å²) in [6.45, 7) is 1.87. The zero-order valence-corrected chi connectivity index (χ0v) is 8.61. The van der Waals surface area contributed by atoms with Gasteiger partial charge in [-0.25, -0.2) is 9.78 Å². The van der Waals surface area contributed by atoms with E-state index in [0.717, 1.165) is 5.69 Å². The standard InChI is InChI=1S/C9H13N5O/c1-6-4-3-5-7(12-6)13-9(11-2)14-8(10)15/h3-5H,1-2H3,(H4,10,11,12,13,14,15). The van der Waals surface area contributed by atoms with Crippen molar-refractivity contribution in [2.45, 2.75) is 6.92 Å². The maximum atomic E-state index is 10.6. The van der Waals surface area contributed by atoms with Gasteiger partial charge in [0.2, 0.25) is 5.96 Å². The van der Waals surface area contributed by atoms with E-state index in [2.05, 4.69) is 20.6 Å². The lowest BCUT2D eigenvalue weighted by Crippen LogP contribution is -2.39. The van der Waals surface area contributed by atoms with Crippen LogP contribution in [0.3, 0.4) is 0 Å². The summed E-state index contributed by atoms with van der Waals surface area (Å²) in [5.74, 6) is 0.866. The fourth-order valence-electron chi connectivity index (χ4n) is 0.994. The molecule has 1 rings (SSSR count). The predicted molar refractivity (Wildman–Crippen MR) is 58.7 cm³/mol. The summed E-state index contributed by atoms with van der Waals surface area (Å²) in [7, 11) is 1.54. The molecule has 0 radical (unpaired) electrons. The lowest BCUT2D eigenvalue weighted by molar-refractivity contribution is 0.253. The number of hydrogen-bond acceptors (Lipinski definition) is 3. The van der Waals surface area contributed by atoms with Crippen LogP contribution in [0.1, 0.15) is 5.69 Å². The molecule has 0 saturated carbocycles. The number of primary amides is 1. The zero-order chi connectivity index (χ0) is 11.3. The van der Waals surface area contributed by atoms with Crippen LogP contribution in [0.5, 0.6) is 0 Å². The van der Waals surface area contributed by atoms with Gasteiger partial charge in [0, 0.05) is 12.7 Å². The fraction of sp³-hybridized carbons (Fsp3) is 0.222. The van der Waals surface area contributed by atoms with Crippen molar-refractivity contribution >= 4 is 17.8 Å². The van der Waals surface area contributed by atoms with Gasteiger partial charge in [-0.1, -0.05) is 6.07 Å². The minimum absolute atomic E-state index is 0.264. The second-order valence-electron chi connectivity index (χ2n) is 2.85. The van der Waals surface area contributed by atoms with E-state index in [1.54, 1.807) is 6.07 Å². The SMILES string of the molecule is CN=C(NC(N)=O)Nc1cccc(C)n1. The molecule has 6 nitrogen and oxygen atoms in total. The van der Waals surface area contributed by atoms with Gasteiger partial charge < -0.3 is 11.1 Å². The number of nitrogens with one attached hydrogen (secondary N) is 2. The minimum atomic E-state index is -0.671. The Labute approximate surface area is 87.6 Å². The molecule has 6 heteroatoms. The molecule has 2 amide bonds. The van der Waals surface area contributed by atoms with Crippen molar-refractivity contribution in [1.29, 1.82) is 0 Å². The number of nitrogens with two attached hydrogens (primary N) is 1. The number of anilines is 1. The summed E-state index contributed by atoms with van der Waals surface area (Å²) in [6.07, 6.45) is 0. The Balaban J connectivity index is 2.71. The maximum absolute atomic E-state index is 10.6. The van der Waals surface area contributed by atoms with Crippen molar-refractivity contribution in [2.75, 3.05) is 12.4 Å². The number of hydrogen-bond donors (Lipinski definition) is 3. The van der Waals surface area contributed by atoms with Crippen molar-refractivity contribution in [1.82, 2.24) is 10.3 Å². The molecule has 0 aliphatic carbocycles. The number of carbonyl (C=O) groups is 1. The van der Waals surface area contributed by atoms with Gasteiger partial charge in [-0.2, -0.15) is 0 Å². The average Bonchev–Trinajstić information content (AvgIpc) is 2.16. The Hall–Kier alpha value is -2.11. The first-order valence-corrected chi connectivity index (χ1v) is 4.35. The topological polar surface area (TPSA) is 92.4 Å². The number of pyridine rings is 1. The van der Waals surface area contributed by atoms with Gasteiger partial charge in [0.05, 0.1) is 0 Å². The zero-order valence-electron chi connectivity index (χ0n) is 8.61. The number of carbonyl (C=O) groups excluding carboxylic acids is 1. The molecule has 0 spiro atoms. The quantitative estimate of drug-likeness (QED) is 0.461. The highest BCUT2D eigenvalue weighted by atomic mass is 16.2. The van der Waals surface area contributed by atoms with Gasteiger partial charge in [-0.05, 0) is 19.1 Å². The molecule has 0 fully saturated rings. The first-order valence-electron chi connectivity index (χ1n) is 4.35. The van der Waals surface area contributed by atoms with Crippen molar-refractivity contribution in [3.05, 3.63) is 23.9 Å². The third-order valence-corrected chi connectivity index (χ3v) is 1.60. The number of amides is 2. The number of aryl methyl sites for hydroxylation is 1. The molecule has 0 aliphatic rings. The highest BCUT2D eigenvalue weighted by Crippen LogP contribution is 2.02. The van der Waals surface area contributed by atoms with E-state index >= 15 is 0 Å². The molecule has 1 aromatic heterocycles. The van der Waals surface area contributed by atoms with Gasteiger partial charge in [0.15, 0.2) is 0 Å². The normalized spacial score (nSPS) is 10.9. The van der Waals surface area contributed by atoms with Gasteiger partial charge in [-0.3, -0.25) is 10.3 Å². The molecule has 0 bridgehead atoms. The van der Waals surface area contributed by atoms with E-state index in [1.165, 1.54) is 7.05 Å². The van der Waals surface area contributed by atoms with Crippen LogP contribution in [0.25, 0.3) is 0 Å². The Bertz CT molecular complexity index is 388. The minimum Gasteiger partial charge on any atom is -0.351 e. The van der Waals surface area contributed by atoms with Gasteiger partial charge >= 0.3 is 6.03 Å². The number of aliphatic imine (C=N–C) groups is 1. The molecular weight excluding hydrogens is 194 g/mol. The fourth-order valence-corrected chi connectivity index (χ4v) is 0.994. The van der Waals surface area contributed by atoms with E-state index in [9.17, 15) is 4.79 Å². The van der Waals surface area contributed by atoms with E-state index in [4.69, 9.17) is 5.73 Å². The number of aromatic nitrogens is 1. The van der Waals surface area contributed by atoms with Crippen LogP contribution in [0.15, 0.2) is 23.2 Å². The number of rotatable bonds is 1. The van der Waals surface area contributed by atoms with Crippen molar-refractivity contribution in [3.8, 4) is 0 Å². The van der Waals surface area contributed by atoms with Crippen LogP contribution in [0.2, 0.25) is 0 Å². The van der Waals surface area contributed by atoms with Crippen LogP contribution in [-0.4, -0.2) is 24.0 Å². The largest absolute Gasteiger partial charge is 0.351 e. The van der Waals surface area contributed by atoms with Crippen molar-refractivity contribution in [3.63, 3.8) is 0 Å². The molecule has 4 N–H and O–H groups in total. The molecular formula is C9H13N5O. The first-order chi connectivity index (χ1) is 7.11. The molecule has 80 valence electrons. The third-order valence-electron chi connectivity index (χ3n) is 1.60. The number of guanidine groups is 1. The number of urea groups is 1. The second kappa shape index (κ2) is 4.94. The van der Waals surface area contributed by atoms with E-state index in [1.807, 2.05) is 19.1 Å². The number of nitrogens with zero attached hydrogens (tertiary/aromatic N) is 2. The molecule has 1 heterocycles. The first kappa shape index (κ1) is 11.0. The molecule has 0 saturated heterocycles. The summed E-state index contributed by atoms with van der Waals surface area (Å²) in [4.78, 5) is 18.6. The van der Waals surface area contributed by atoms with Crippen molar-refractivity contribution in [2.24, 2.45) is 10.7 Å². The van der Waals surface area contributed by atoms with Gasteiger partial charge in [0.1, 0.15) is 5.82 Å². The maximum Gasteiger partial charge on any atom is 0.318 e. The van der Waals surface area contributed by atoms with Crippen LogP contribution < -0.4 is 16.4 Å². The predicted octanol–water partition coefficient (Wildman–Crippen LogP) is 0.456. The van der Waals surface area contributed by atoms with Crippen LogP contribution in [-0.2, 0) is 0 Å². The Kier molecular flexibility index (Phi) is 3.61. The van der Waals surface area contributed by atoms with Crippen LogP contribution in [0.4, 0.5) is 10.6 Å². The Morgan fingerprint density at radius 2 is 2.27 bits per heavy atom. The smallest absolute Gasteiger partial charge is 0.318 e. The van der Waals surface area contributed by atoms with Gasteiger partial charge in [-0.15, -0.1) is 0 Å². The van der Waals surface area contributed by atoms with E-state index in [-0.39, 0.29) is 5.96 Å². The summed E-state index contributed by atoms with van der Waals surface area (Å²) >= 11 is 0. The third kappa shape index (κ3) is 3.63. The Morgan fingerprint density at radius 3 is 2.80 bits per heavy atom. The van der Waals surface area contributed by atoms with Crippen LogP contribution >= 0.6 is 0 Å². The lowest BCUT2D eigenvalue weighted by atomic mass is 10.4. The highest BCUT2D eigenvalue weighted by molar-refractivity contribution is 6.02. The van der Waals surface area contributed by atoms with Gasteiger partial charge in [0.25, 0.3) is 0 Å². The summed E-state index contributed by atoms with van der Waals surface area (Å²) < 4.78 is 0. The lowest BCUT2D eigenvalue weighted by Gasteiger charge is -2.08. The van der Waals surface area contributed by atoms with E-state index in [0.29, 0.717) is 5.82 Å². The van der Waals surface area contributed by atoms with E-state index < -0.39 is 6.03 Å². The molecule has 0 unspecified atom stereocenters. The second-order valence-corrected chi connectivity index (χ2v) is 2.85.